The number of carbonyl (C=O) groups is 2. The van der Waals surface area contributed by atoms with E-state index < -0.39 is 6.04 Å². The van der Waals surface area contributed by atoms with E-state index in [0.29, 0.717) is 41.0 Å². The number of hydrogen-bond acceptors (Lipinski definition) is 9. The third kappa shape index (κ3) is 6.27. The lowest BCUT2D eigenvalue weighted by atomic mass is 10.1. The Kier molecular flexibility index (Phi) is 8.63. The Morgan fingerprint density at radius 2 is 1.90 bits per heavy atom. The van der Waals surface area contributed by atoms with Gasteiger partial charge in [0.1, 0.15) is 18.1 Å². The Balaban J connectivity index is 1.40. The molecule has 5 rings (SSSR count). The van der Waals surface area contributed by atoms with Crippen molar-refractivity contribution in [1.82, 2.24) is 30.4 Å². The molecule has 12 nitrogen and oxygen atoms in total. The molecule has 2 amide bonds. The molecule has 1 saturated heterocycles. The highest BCUT2D eigenvalue weighted by atomic mass is 16.5. The van der Waals surface area contributed by atoms with Gasteiger partial charge in [0.05, 0.1) is 20.3 Å². The van der Waals surface area contributed by atoms with Crippen LogP contribution in [-0.2, 0) is 20.9 Å². The van der Waals surface area contributed by atoms with Crippen molar-refractivity contribution in [2.24, 2.45) is 0 Å². The average Bonchev–Trinajstić information content (AvgIpc) is 3.77. The van der Waals surface area contributed by atoms with Crippen LogP contribution >= 0.6 is 0 Å². The second-order valence-corrected chi connectivity index (χ2v) is 10.2. The third-order valence-corrected chi connectivity index (χ3v) is 7.41. The summed E-state index contributed by atoms with van der Waals surface area (Å²) in [6.07, 6.45) is 5.55. The molecule has 2 aromatic heterocycles. The predicted octanol–water partition coefficient (Wildman–Crippen LogP) is 3.07. The SMILES string of the molecule is COc1ccc(-c2nnn(CC(=O)N(C[C@@H]3CCCO3)[C@H](C(=O)NC3CCCC3)c3ccc(C)o3)n2)cc1OC. The molecule has 2 atom stereocenters. The van der Waals surface area contributed by atoms with Crippen LogP contribution < -0.4 is 14.8 Å². The number of aromatic nitrogens is 4. The zero-order valence-electron chi connectivity index (χ0n) is 23.2. The first-order valence-electron chi connectivity index (χ1n) is 13.7. The van der Waals surface area contributed by atoms with Gasteiger partial charge in [0.15, 0.2) is 17.5 Å². The van der Waals surface area contributed by atoms with Crippen LogP contribution in [0, 0.1) is 6.92 Å². The first-order chi connectivity index (χ1) is 19.4. The van der Waals surface area contributed by atoms with Crippen LogP contribution in [0.25, 0.3) is 11.4 Å². The van der Waals surface area contributed by atoms with Crippen molar-refractivity contribution in [3.8, 4) is 22.9 Å². The van der Waals surface area contributed by atoms with E-state index in [1.807, 2.05) is 6.92 Å². The second-order valence-electron chi connectivity index (χ2n) is 10.2. The molecule has 0 spiro atoms. The fourth-order valence-electron chi connectivity index (χ4n) is 5.35. The fraction of sp³-hybridized carbons (Fsp3) is 0.536. The molecule has 3 aromatic rings. The Labute approximate surface area is 232 Å². The van der Waals surface area contributed by atoms with Crippen molar-refractivity contribution >= 4 is 11.8 Å². The summed E-state index contributed by atoms with van der Waals surface area (Å²) in [6.45, 7) is 2.49. The highest BCUT2D eigenvalue weighted by Crippen LogP contribution is 2.31. The lowest BCUT2D eigenvalue weighted by Gasteiger charge is -2.32. The van der Waals surface area contributed by atoms with Gasteiger partial charge in [-0.05, 0) is 68.2 Å². The number of carbonyl (C=O) groups excluding carboxylic acids is 2. The smallest absolute Gasteiger partial charge is 0.250 e. The molecule has 0 unspecified atom stereocenters. The van der Waals surface area contributed by atoms with Gasteiger partial charge < -0.3 is 28.8 Å². The Bertz CT molecular complexity index is 1310. The van der Waals surface area contributed by atoms with E-state index in [4.69, 9.17) is 18.6 Å². The van der Waals surface area contributed by atoms with Gasteiger partial charge in [-0.25, -0.2) is 0 Å². The van der Waals surface area contributed by atoms with E-state index in [2.05, 4.69) is 20.7 Å². The minimum Gasteiger partial charge on any atom is -0.493 e. The molecule has 2 aliphatic rings. The van der Waals surface area contributed by atoms with Crippen molar-refractivity contribution in [3.63, 3.8) is 0 Å². The predicted molar refractivity (Wildman–Crippen MR) is 144 cm³/mol. The van der Waals surface area contributed by atoms with Gasteiger partial charge >= 0.3 is 0 Å². The summed E-state index contributed by atoms with van der Waals surface area (Å²) in [4.78, 5) is 30.4. The largest absolute Gasteiger partial charge is 0.493 e. The van der Waals surface area contributed by atoms with E-state index >= 15 is 0 Å². The maximum absolute atomic E-state index is 13.9. The van der Waals surface area contributed by atoms with Crippen molar-refractivity contribution in [1.29, 1.82) is 0 Å². The molecule has 0 bridgehead atoms. The molecule has 1 aliphatic carbocycles. The summed E-state index contributed by atoms with van der Waals surface area (Å²) in [5.41, 5.74) is 0.660. The normalized spacial score (nSPS) is 18.0. The highest BCUT2D eigenvalue weighted by molar-refractivity contribution is 5.88. The summed E-state index contributed by atoms with van der Waals surface area (Å²) in [5, 5.41) is 15.8. The molecule has 1 N–H and O–H groups in total. The number of amides is 2. The van der Waals surface area contributed by atoms with Gasteiger partial charge in [0.2, 0.25) is 11.7 Å². The lowest BCUT2D eigenvalue weighted by Crippen LogP contribution is -2.49. The maximum Gasteiger partial charge on any atom is 0.250 e. The van der Waals surface area contributed by atoms with Crippen LogP contribution in [0.5, 0.6) is 11.5 Å². The standard InChI is InChI=1S/C28H36N6O6/c1-18-10-12-23(40-18)26(28(36)29-20-7-4-5-8-20)33(16-21-9-6-14-39-21)25(35)17-34-31-27(30-32-34)19-11-13-22(37-2)24(15-19)38-3/h10-13,15,20-21,26H,4-9,14,16-17H2,1-3H3,(H,29,36)/t21-,26-/m0/s1. The van der Waals surface area contributed by atoms with Crippen molar-refractivity contribution in [2.75, 3.05) is 27.4 Å². The third-order valence-electron chi connectivity index (χ3n) is 7.41. The number of ether oxygens (including phenoxy) is 3. The Morgan fingerprint density at radius 3 is 2.58 bits per heavy atom. The van der Waals surface area contributed by atoms with Crippen LogP contribution in [0.3, 0.4) is 0 Å². The van der Waals surface area contributed by atoms with E-state index in [1.165, 1.54) is 9.70 Å². The Hall–Kier alpha value is -3.93. The van der Waals surface area contributed by atoms with E-state index in [-0.39, 0.29) is 37.0 Å². The summed E-state index contributed by atoms with van der Waals surface area (Å²) in [6, 6.07) is 7.99. The first kappa shape index (κ1) is 27.6. The van der Waals surface area contributed by atoms with Crippen molar-refractivity contribution in [2.45, 2.75) is 70.2 Å². The van der Waals surface area contributed by atoms with E-state index in [1.54, 1.807) is 44.6 Å². The summed E-state index contributed by atoms with van der Waals surface area (Å²) >= 11 is 0. The van der Waals surface area contributed by atoms with Crippen LogP contribution in [0.2, 0.25) is 0 Å². The summed E-state index contributed by atoms with van der Waals surface area (Å²) in [5.74, 6) is 1.91. The summed E-state index contributed by atoms with van der Waals surface area (Å²) in [7, 11) is 3.11. The number of furan rings is 1. The molecule has 214 valence electrons. The molecular weight excluding hydrogens is 516 g/mol. The topological polar surface area (TPSA) is 134 Å². The minimum atomic E-state index is -0.945. The van der Waals surface area contributed by atoms with Crippen LogP contribution in [0.4, 0.5) is 0 Å². The summed E-state index contributed by atoms with van der Waals surface area (Å²) < 4.78 is 22.5. The lowest BCUT2D eigenvalue weighted by molar-refractivity contribution is -0.144. The molecule has 3 heterocycles. The number of nitrogens with zero attached hydrogens (tertiary/aromatic N) is 5. The molecule has 0 radical (unpaired) electrons. The van der Waals surface area contributed by atoms with Gasteiger partial charge in [-0.3, -0.25) is 9.59 Å². The molecule has 1 saturated carbocycles. The average molecular weight is 553 g/mol. The molecule has 1 aromatic carbocycles. The molecule has 12 heteroatoms. The van der Waals surface area contributed by atoms with Crippen LogP contribution in [-0.4, -0.2) is 76.4 Å². The molecular formula is C28H36N6O6. The Morgan fingerprint density at radius 1 is 1.10 bits per heavy atom. The minimum absolute atomic E-state index is 0.0896. The van der Waals surface area contributed by atoms with Crippen LogP contribution in [0.1, 0.15) is 56.1 Å². The highest BCUT2D eigenvalue weighted by Gasteiger charge is 2.37. The number of tetrazole rings is 1. The molecule has 40 heavy (non-hydrogen) atoms. The zero-order chi connectivity index (χ0) is 28.1. The molecule has 1 aliphatic heterocycles. The number of hydrogen-bond donors (Lipinski definition) is 1. The molecule has 2 fully saturated rings. The van der Waals surface area contributed by atoms with Gasteiger partial charge in [-0.2, -0.15) is 4.80 Å². The number of nitrogens with one attached hydrogen (secondary N) is 1. The maximum atomic E-state index is 13.9. The van der Waals surface area contributed by atoms with Gasteiger partial charge in [-0.1, -0.05) is 12.8 Å². The second kappa shape index (κ2) is 12.5. The van der Waals surface area contributed by atoms with E-state index in [9.17, 15) is 9.59 Å². The number of rotatable bonds is 11. The van der Waals surface area contributed by atoms with Gasteiger partial charge in [0.25, 0.3) is 5.91 Å². The quantitative estimate of drug-likeness (QED) is 0.381. The van der Waals surface area contributed by atoms with Crippen LogP contribution in [0.15, 0.2) is 34.7 Å². The van der Waals surface area contributed by atoms with Crippen molar-refractivity contribution < 1.29 is 28.2 Å². The van der Waals surface area contributed by atoms with E-state index in [0.717, 1.165) is 38.5 Å². The number of benzene rings is 1. The zero-order valence-corrected chi connectivity index (χ0v) is 23.2. The number of aryl methyl sites for hydroxylation is 1. The van der Waals surface area contributed by atoms with Crippen molar-refractivity contribution in [3.05, 3.63) is 41.9 Å². The van der Waals surface area contributed by atoms with Gasteiger partial charge in [-0.15, -0.1) is 10.2 Å². The first-order valence-corrected chi connectivity index (χ1v) is 13.7. The monoisotopic (exact) mass is 552 g/mol. The van der Waals surface area contributed by atoms with Gasteiger partial charge in [0, 0.05) is 24.8 Å². The number of methoxy groups -OCH3 is 2. The fourth-order valence-corrected chi connectivity index (χ4v) is 5.35.